The van der Waals surface area contributed by atoms with Gasteiger partial charge in [0.1, 0.15) is 17.9 Å². The number of aryl methyl sites for hydroxylation is 1. The van der Waals surface area contributed by atoms with Crippen molar-refractivity contribution in [2.24, 2.45) is 7.05 Å². The van der Waals surface area contributed by atoms with E-state index in [2.05, 4.69) is 10.2 Å². The first kappa shape index (κ1) is 22.4. The number of anilines is 1. The molecule has 1 aromatic heterocycles. The highest BCUT2D eigenvalue weighted by Crippen LogP contribution is 2.42. The van der Waals surface area contributed by atoms with Crippen LogP contribution in [-0.2, 0) is 36.3 Å². The SMILES string of the molecule is CCOc1cc(N2Cc3c(cccc3C(F)(F)F)C2=O)cc(C2(Cc3nncn3C)COC2)c1. The van der Waals surface area contributed by atoms with Gasteiger partial charge in [0.25, 0.3) is 5.91 Å². The summed E-state index contributed by atoms with van der Waals surface area (Å²) in [7, 11) is 1.86. The third kappa shape index (κ3) is 3.71. The van der Waals surface area contributed by atoms with Gasteiger partial charge in [0.2, 0.25) is 0 Å². The van der Waals surface area contributed by atoms with Gasteiger partial charge >= 0.3 is 6.18 Å². The van der Waals surface area contributed by atoms with Gasteiger partial charge in [0.15, 0.2) is 0 Å². The van der Waals surface area contributed by atoms with Crippen molar-refractivity contribution < 1.29 is 27.4 Å². The molecule has 34 heavy (non-hydrogen) atoms. The van der Waals surface area contributed by atoms with Crippen molar-refractivity contribution in [2.75, 3.05) is 24.7 Å². The molecule has 178 valence electrons. The topological polar surface area (TPSA) is 69.5 Å². The van der Waals surface area contributed by atoms with Crippen molar-refractivity contribution in [2.45, 2.75) is 31.5 Å². The van der Waals surface area contributed by atoms with Crippen LogP contribution in [0.5, 0.6) is 5.75 Å². The number of ether oxygens (including phenoxy) is 2. The Kier molecular flexibility index (Phi) is 5.35. The summed E-state index contributed by atoms with van der Waals surface area (Å²) in [6.45, 7) is 2.98. The summed E-state index contributed by atoms with van der Waals surface area (Å²) in [5, 5.41) is 8.14. The third-order valence-electron chi connectivity index (χ3n) is 6.46. The molecule has 0 unspecified atom stereocenters. The Balaban J connectivity index is 1.55. The van der Waals surface area contributed by atoms with Gasteiger partial charge in [-0.3, -0.25) is 4.79 Å². The number of nitrogens with zero attached hydrogens (tertiary/aromatic N) is 4. The average Bonchev–Trinajstić information content (AvgIpc) is 3.32. The second-order valence-corrected chi connectivity index (χ2v) is 8.68. The van der Waals surface area contributed by atoms with Gasteiger partial charge in [-0.15, -0.1) is 10.2 Å². The van der Waals surface area contributed by atoms with E-state index in [9.17, 15) is 18.0 Å². The van der Waals surface area contributed by atoms with Crippen LogP contribution in [0.4, 0.5) is 18.9 Å². The molecule has 0 saturated carbocycles. The fourth-order valence-corrected chi connectivity index (χ4v) is 4.59. The molecule has 3 aromatic rings. The number of carbonyl (C=O) groups excluding carboxylic acids is 1. The third-order valence-corrected chi connectivity index (χ3v) is 6.46. The van der Waals surface area contributed by atoms with Crippen LogP contribution in [0.2, 0.25) is 0 Å². The van der Waals surface area contributed by atoms with Crippen molar-refractivity contribution in [1.82, 2.24) is 14.8 Å². The smallest absolute Gasteiger partial charge is 0.416 e. The van der Waals surface area contributed by atoms with Crippen LogP contribution < -0.4 is 9.64 Å². The molecule has 0 spiro atoms. The molecule has 0 bridgehead atoms. The van der Waals surface area contributed by atoms with E-state index < -0.39 is 23.1 Å². The summed E-state index contributed by atoms with van der Waals surface area (Å²) in [5.74, 6) is 0.859. The van der Waals surface area contributed by atoms with E-state index in [1.807, 2.05) is 30.7 Å². The van der Waals surface area contributed by atoms with Crippen molar-refractivity contribution >= 4 is 11.6 Å². The molecule has 0 N–H and O–H groups in total. The molecular weight excluding hydrogens is 449 g/mol. The molecule has 2 aliphatic rings. The molecule has 2 aromatic carbocycles. The fourth-order valence-electron chi connectivity index (χ4n) is 4.59. The predicted octanol–water partition coefficient (Wildman–Crippen LogP) is 3.90. The molecule has 2 aliphatic heterocycles. The van der Waals surface area contributed by atoms with Gasteiger partial charge in [-0.2, -0.15) is 13.2 Å². The van der Waals surface area contributed by atoms with Crippen molar-refractivity contribution in [3.8, 4) is 5.75 Å². The highest BCUT2D eigenvalue weighted by atomic mass is 19.4. The molecule has 0 radical (unpaired) electrons. The lowest BCUT2D eigenvalue weighted by molar-refractivity contribution is -0.138. The summed E-state index contributed by atoms with van der Waals surface area (Å²) >= 11 is 0. The Morgan fingerprint density at radius 3 is 2.62 bits per heavy atom. The van der Waals surface area contributed by atoms with Gasteiger partial charge < -0.3 is 18.9 Å². The first-order valence-electron chi connectivity index (χ1n) is 10.9. The number of alkyl halides is 3. The lowest BCUT2D eigenvalue weighted by Crippen LogP contribution is -2.49. The van der Waals surface area contributed by atoms with E-state index in [1.165, 1.54) is 17.0 Å². The Morgan fingerprint density at radius 1 is 1.21 bits per heavy atom. The number of aromatic nitrogens is 3. The first-order chi connectivity index (χ1) is 16.2. The number of hydrogen-bond donors (Lipinski definition) is 0. The Labute approximate surface area is 194 Å². The maximum atomic E-state index is 13.6. The van der Waals surface area contributed by atoms with Crippen LogP contribution in [-0.4, -0.2) is 40.5 Å². The lowest BCUT2D eigenvalue weighted by Gasteiger charge is -2.42. The van der Waals surface area contributed by atoms with E-state index in [4.69, 9.17) is 9.47 Å². The average molecular weight is 472 g/mol. The Hall–Kier alpha value is -3.40. The standard InChI is InChI=1S/C24H23F3N4O3/c1-3-34-17-8-15(23(12-33-13-23)10-21-29-28-14-30(21)2)7-16(9-17)31-11-19-18(22(31)32)5-4-6-20(19)24(25,26)27/h4-9,14H,3,10-13H2,1-2H3. The number of benzene rings is 2. The molecule has 7 nitrogen and oxygen atoms in total. The zero-order valence-electron chi connectivity index (χ0n) is 18.7. The first-order valence-corrected chi connectivity index (χ1v) is 10.9. The summed E-state index contributed by atoms with van der Waals surface area (Å²) in [5.41, 5.74) is 0.230. The monoisotopic (exact) mass is 472 g/mol. The summed E-state index contributed by atoms with van der Waals surface area (Å²) in [6, 6.07) is 9.17. The van der Waals surface area contributed by atoms with Crippen molar-refractivity contribution in [3.63, 3.8) is 0 Å². The number of rotatable bonds is 6. The number of carbonyl (C=O) groups is 1. The maximum Gasteiger partial charge on any atom is 0.416 e. The highest BCUT2D eigenvalue weighted by Gasteiger charge is 2.43. The van der Waals surface area contributed by atoms with Crippen LogP contribution in [0.25, 0.3) is 0 Å². The molecule has 3 heterocycles. The normalized spacial score (nSPS) is 17.0. The largest absolute Gasteiger partial charge is 0.494 e. The van der Waals surface area contributed by atoms with Crippen LogP contribution >= 0.6 is 0 Å². The number of halogens is 3. The molecule has 5 rings (SSSR count). The zero-order chi connectivity index (χ0) is 24.1. The molecule has 1 fully saturated rings. The van der Waals surface area contributed by atoms with Crippen LogP contribution in [0.1, 0.15) is 39.8 Å². The number of amides is 1. The van der Waals surface area contributed by atoms with Gasteiger partial charge in [-0.1, -0.05) is 6.07 Å². The van der Waals surface area contributed by atoms with E-state index in [1.54, 1.807) is 12.4 Å². The number of hydrogen-bond acceptors (Lipinski definition) is 5. The van der Waals surface area contributed by atoms with Crippen molar-refractivity contribution in [1.29, 1.82) is 0 Å². The predicted molar refractivity (Wildman–Crippen MR) is 117 cm³/mol. The van der Waals surface area contributed by atoms with E-state index in [-0.39, 0.29) is 17.7 Å². The summed E-state index contributed by atoms with van der Waals surface area (Å²) in [6.07, 6.45) is -2.35. The fraction of sp³-hybridized carbons (Fsp3) is 0.375. The van der Waals surface area contributed by atoms with E-state index >= 15 is 0 Å². The zero-order valence-corrected chi connectivity index (χ0v) is 18.7. The van der Waals surface area contributed by atoms with Crippen LogP contribution in [0.15, 0.2) is 42.7 Å². The van der Waals surface area contributed by atoms with E-state index in [0.29, 0.717) is 37.7 Å². The van der Waals surface area contributed by atoms with Gasteiger partial charge in [-0.25, -0.2) is 0 Å². The van der Waals surface area contributed by atoms with Crippen LogP contribution in [0, 0.1) is 0 Å². The molecule has 1 amide bonds. The minimum Gasteiger partial charge on any atom is -0.494 e. The van der Waals surface area contributed by atoms with Gasteiger partial charge in [0, 0.05) is 36.2 Å². The quantitative estimate of drug-likeness (QED) is 0.544. The van der Waals surface area contributed by atoms with Crippen LogP contribution in [0.3, 0.4) is 0 Å². The minimum absolute atomic E-state index is 0.0101. The van der Waals surface area contributed by atoms with E-state index in [0.717, 1.165) is 17.5 Å². The summed E-state index contributed by atoms with van der Waals surface area (Å²) < 4.78 is 53.9. The maximum absolute atomic E-state index is 13.6. The molecule has 10 heteroatoms. The minimum atomic E-state index is -4.54. The molecule has 1 saturated heterocycles. The second-order valence-electron chi connectivity index (χ2n) is 8.68. The molecule has 0 atom stereocenters. The Morgan fingerprint density at radius 2 is 2.00 bits per heavy atom. The highest BCUT2D eigenvalue weighted by molar-refractivity contribution is 6.10. The molecule has 0 aliphatic carbocycles. The van der Waals surface area contributed by atoms with Gasteiger partial charge in [0.05, 0.1) is 31.9 Å². The second kappa shape index (κ2) is 8.12. The number of fused-ring (bicyclic) bond motifs is 1. The molecular formula is C24H23F3N4O3. The summed E-state index contributed by atoms with van der Waals surface area (Å²) in [4.78, 5) is 14.5. The van der Waals surface area contributed by atoms with Gasteiger partial charge in [-0.05, 0) is 42.3 Å². The lowest BCUT2D eigenvalue weighted by atomic mass is 9.75. The van der Waals surface area contributed by atoms with Crippen molar-refractivity contribution in [3.05, 3.63) is 70.8 Å². The Bertz CT molecular complexity index is 1250.